The van der Waals surface area contributed by atoms with E-state index in [0.29, 0.717) is 6.54 Å². The van der Waals surface area contributed by atoms with Gasteiger partial charge >= 0.3 is 0 Å². The van der Waals surface area contributed by atoms with Gasteiger partial charge in [-0.25, -0.2) is 10.5 Å². The molecule has 0 saturated heterocycles. The van der Waals surface area contributed by atoms with E-state index < -0.39 is 5.91 Å². The molecule has 1 aromatic rings. The predicted molar refractivity (Wildman–Crippen MR) is 43.2 cm³/mol. The number of hydrogen-bond acceptors (Lipinski definition) is 4. The highest BCUT2D eigenvalue weighted by Gasteiger charge is 2.15. The van der Waals surface area contributed by atoms with E-state index >= 15 is 0 Å². The summed E-state index contributed by atoms with van der Waals surface area (Å²) in [6.07, 6.45) is 1.64. The Balaban J connectivity index is 2.30. The second-order valence-corrected chi connectivity index (χ2v) is 2.85. The lowest BCUT2D eigenvalue weighted by atomic mass is 10.4. The van der Waals surface area contributed by atoms with Crippen molar-refractivity contribution in [2.75, 3.05) is 6.54 Å². The van der Waals surface area contributed by atoms with Gasteiger partial charge in [0.05, 0.1) is 6.54 Å². The summed E-state index contributed by atoms with van der Waals surface area (Å²) in [6.45, 7) is 2.35. The number of aromatic nitrogens is 2. The van der Waals surface area contributed by atoms with Crippen LogP contribution in [0, 0.1) is 0 Å². The van der Waals surface area contributed by atoms with E-state index in [1.807, 2.05) is 4.57 Å². The van der Waals surface area contributed by atoms with Gasteiger partial charge in [0, 0.05) is 19.3 Å². The van der Waals surface area contributed by atoms with Crippen LogP contribution in [0.3, 0.4) is 0 Å². The molecule has 0 saturated carbocycles. The Labute approximate surface area is 74.5 Å². The fraction of sp³-hybridized carbons (Fsp3) is 0.429. The number of nitrogens with zero attached hydrogens (tertiary/aromatic N) is 2. The molecule has 0 unspecified atom stereocenters. The molecule has 1 aliphatic rings. The lowest BCUT2D eigenvalue weighted by Crippen LogP contribution is -2.27. The molecule has 0 bridgehead atoms. The Morgan fingerprint density at radius 2 is 2.62 bits per heavy atom. The molecule has 1 amide bonds. The summed E-state index contributed by atoms with van der Waals surface area (Å²) in [5, 5.41) is 11.5. The first-order valence-corrected chi connectivity index (χ1v) is 4.02. The van der Waals surface area contributed by atoms with Crippen molar-refractivity contribution in [1.29, 1.82) is 0 Å². The van der Waals surface area contributed by atoms with E-state index in [2.05, 4.69) is 10.3 Å². The number of rotatable bonds is 1. The summed E-state index contributed by atoms with van der Waals surface area (Å²) >= 11 is 0. The maximum Gasteiger partial charge on any atom is 0.294 e. The first kappa shape index (κ1) is 8.21. The number of fused-ring (bicyclic) bond motifs is 1. The third-order valence-electron chi connectivity index (χ3n) is 2.01. The number of hydrogen-bond donors (Lipinski definition) is 3. The van der Waals surface area contributed by atoms with Crippen LogP contribution < -0.4 is 10.8 Å². The SMILES string of the molecule is O=C(NO)c1cn2c(n1)CNCC2. The van der Waals surface area contributed by atoms with Gasteiger partial charge in [-0.1, -0.05) is 0 Å². The van der Waals surface area contributed by atoms with Crippen LogP contribution in [0.15, 0.2) is 6.20 Å². The summed E-state index contributed by atoms with van der Waals surface area (Å²) in [5.41, 5.74) is 1.81. The molecule has 13 heavy (non-hydrogen) atoms. The van der Waals surface area contributed by atoms with Crippen molar-refractivity contribution in [3.63, 3.8) is 0 Å². The van der Waals surface area contributed by atoms with Gasteiger partial charge in [0.25, 0.3) is 5.91 Å². The van der Waals surface area contributed by atoms with Crippen LogP contribution in [0.5, 0.6) is 0 Å². The summed E-state index contributed by atoms with van der Waals surface area (Å²) in [6, 6.07) is 0. The monoisotopic (exact) mass is 182 g/mol. The summed E-state index contributed by atoms with van der Waals surface area (Å²) < 4.78 is 1.90. The number of imidazole rings is 1. The summed E-state index contributed by atoms with van der Waals surface area (Å²) in [7, 11) is 0. The van der Waals surface area contributed by atoms with Gasteiger partial charge in [0.2, 0.25) is 0 Å². The molecular weight excluding hydrogens is 172 g/mol. The van der Waals surface area contributed by atoms with Crippen molar-refractivity contribution in [1.82, 2.24) is 20.3 Å². The average Bonchev–Trinajstić information content (AvgIpc) is 2.59. The van der Waals surface area contributed by atoms with Crippen LogP contribution in [-0.4, -0.2) is 27.2 Å². The van der Waals surface area contributed by atoms with Gasteiger partial charge in [-0.05, 0) is 0 Å². The average molecular weight is 182 g/mol. The Bertz CT molecular complexity index is 310. The lowest BCUT2D eigenvalue weighted by Gasteiger charge is -2.13. The topological polar surface area (TPSA) is 79.2 Å². The van der Waals surface area contributed by atoms with E-state index in [0.717, 1.165) is 18.9 Å². The summed E-state index contributed by atoms with van der Waals surface area (Å²) in [5.74, 6) is 0.256. The molecular formula is C7H10N4O2. The molecule has 0 atom stereocenters. The van der Waals surface area contributed by atoms with Crippen LogP contribution in [0.4, 0.5) is 0 Å². The van der Waals surface area contributed by atoms with Crippen molar-refractivity contribution in [3.8, 4) is 0 Å². The number of carbonyl (C=O) groups excluding carboxylic acids is 1. The Kier molecular flexibility index (Phi) is 1.99. The van der Waals surface area contributed by atoms with Crippen LogP contribution in [0.25, 0.3) is 0 Å². The Hall–Kier alpha value is -1.40. The van der Waals surface area contributed by atoms with E-state index in [9.17, 15) is 4.79 Å². The van der Waals surface area contributed by atoms with Crippen molar-refractivity contribution in [2.45, 2.75) is 13.1 Å². The quantitative estimate of drug-likeness (QED) is 0.388. The van der Waals surface area contributed by atoms with Crippen LogP contribution in [-0.2, 0) is 13.1 Å². The van der Waals surface area contributed by atoms with E-state index in [4.69, 9.17) is 5.21 Å². The molecule has 1 aromatic heterocycles. The maximum absolute atomic E-state index is 11.0. The molecule has 70 valence electrons. The fourth-order valence-corrected chi connectivity index (χ4v) is 1.36. The third-order valence-corrected chi connectivity index (χ3v) is 2.01. The predicted octanol–water partition coefficient (Wildman–Crippen LogP) is -0.895. The molecule has 0 spiro atoms. The summed E-state index contributed by atoms with van der Waals surface area (Å²) in [4.78, 5) is 15.0. The van der Waals surface area contributed by atoms with E-state index in [1.54, 1.807) is 11.7 Å². The molecule has 3 N–H and O–H groups in total. The van der Waals surface area contributed by atoms with Gasteiger partial charge < -0.3 is 9.88 Å². The van der Waals surface area contributed by atoms with E-state index in [-0.39, 0.29) is 5.69 Å². The largest absolute Gasteiger partial charge is 0.332 e. The Morgan fingerprint density at radius 3 is 3.31 bits per heavy atom. The molecule has 0 aliphatic carbocycles. The standard InChI is InChI=1S/C7H10N4O2/c12-7(10-13)5-4-11-2-1-8-3-6(11)9-5/h4,8,13H,1-3H2,(H,10,12). The zero-order chi connectivity index (χ0) is 9.26. The smallest absolute Gasteiger partial charge is 0.294 e. The molecule has 0 aromatic carbocycles. The van der Waals surface area contributed by atoms with Crippen molar-refractivity contribution < 1.29 is 10.0 Å². The maximum atomic E-state index is 11.0. The highest BCUT2D eigenvalue weighted by atomic mass is 16.5. The minimum absolute atomic E-state index is 0.251. The van der Waals surface area contributed by atoms with Gasteiger partial charge in [-0.15, -0.1) is 0 Å². The first-order valence-electron chi connectivity index (χ1n) is 4.02. The highest BCUT2D eigenvalue weighted by Crippen LogP contribution is 2.06. The highest BCUT2D eigenvalue weighted by molar-refractivity contribution is 5.91. The van der Waals surface area contributed by atoms with Gasteiger partial charge in [-0.3, -0.25) is 10.0 Å². The van der Waals surface area contributed by atoms with Gasteiger partial charge in [0.15, 0.2) is 0 Å². The Morgan fingerprint density at radius 1 is 1.77 bits per heavy atom. The van der Waals surface area contributed by atoms with Crippen LogP contribution in [0.2, 0.25) is 0 Å². The number of hydroxylamine groups is 1. The number of carbonyl (C=O) groups is 1. The molecule has 1 aliphatic heterocycles. The third kappa shape index (κ3) is 1.41. The molecule has 6 heteroatoms. The van der Waals surface area contributed by atoms with Crippen molar-refractivity contribution >= 4 is 5.91 Å². The van der Waals surface area contributed by atoms with Crippen molar-refractivity contribution in [3.05, 3.63) is 17.7 Å². The fourth-order valence-electron chi connectivity index (χ4n) is 1.36. The number of amides is 1. The second kappa shape index (κ2) is 3.15. The van der Waals surface area contributed by atoms with Crippen molar-refractivity contribution in [2.24, 2.45) is 0 Å². The lowest BCUT2D eigenvalue weighted by molar-refractivity contribution is 0.0701. The second-order valence-electron chi connectivity index (χ2n) is 2.85. The molecule has 0 radical (unpaired) electrons. The molecule has 6 nitrogen and oxygen atoms in total. The normalized spacial score (nSPS) is 15.2. The van der Waals surface area contributed by atoms with Gasteiger partial charge in [0.1, 0.15) is 11.5 Å². The van der Waals surface area contributed by atoms with E-state index in [1.165, 1.54) is 0 Å². The minimum atomic E-state index is -0.568. The molecule has 2 heterocycles. The molecule has 2 rings (SSSR count). The number of nitrogens with one attached hydrogen (secondary N) is 2. The zero-order valence-electron chi connectivity index (χ0n) is 6.95. The minimum Gasteiger partial charge on any atom is -0.332 e. The van der Waals surface area contributed by atoms with Crippen LogP contribution >= 0.6 is 0 Å². The molecule has 0 fully saturated rings. The first-order chi connectivity index (χ1) is 6.31. The van der Waals surface area contributed by atoms with Crippen LogP contribution in [0.1, 0.15) is 16.3 Å². The van der Waals surface area contributed by atoms with Gasteiger partial charge in [-0.2, -0.15) is 0 Å². The zero-order valence-corrected chi connectivity index (χ0v) is 6.95.